The van der Waals surface area contributed by atoms with Gasteiger partial charge in [0.05, 0.1) is 0 Å². The molecule has 1 heterocycles. The summed E-state index contributed by atoms with van der Waals surface area (Å²) in [6, 6.07) is 17.8. The Morgan fingerprint density at radius 1 is 0.864 bits per heavy atom. The van der Waals surface area contributed by atoms with Crippen LogP contribution in [0.2, 0.25) is 0 Å². The van der Waals surface area contributed by atoms with Gasteiger partial charge in [0.2, 0.25) is 0 Å². The molecular formula is C20H20BN. The summed E-state index contributed by atoms with van der Waals surface area (Å²) < 4.78 is 0. The van der Waals surface area contributed by atoms with Crippen molar-refractivity contribution in [3.63, 3.8) is 0 Å². The summed E-state index contributed by atoms with van der Waals surface area (Å²) in [4.78, 5) is 3.60. The van der Waals surface area contributed by atoms with Crippen molar-refractivity contribution in [2.45, 2.75) is 26.2 Å². The Morgan fingerprint density at radius 2 is 1.64 bits per heavy atom. The Bertz CT molecular complexity index is 1020. The molecule has 0 aliphatic heterocycles. The molecule has 4 rings (SSSR count). The topological polar surface area (TPSA) is 15.8 Å². The molecule has 2 heteroatoms. The van der Waals surface area contributed by atoms with Crippen molar-refractivity contribution in [1.82, 2.24) is 4.98 Å². The number of hydrogen-bond donors (Lipinski definition) is 1. The molecule has 0 radical (unpaired) electrons. The highest BCUT2D eigenvalue weighted by Crippen LogP contribution is 2.34. The second-order valence-electron chi connectivity index (χ2n) is 7.30. The Labute approximate surface area is 131 Å². The second kappa shape index (κ2) is 4.39. The molecule has 0 saturated heterocycles. The highest BCUT2D eigenvalue weighted by molar-refractivity contribution is 6.39. The van der Waals surface area contributed by atoms with E-state index in [4.69, 9.17) is 0 Å². The van der Waals surface area contributed by atoms with Gasteiger partial charge in [0, 0.05) is 21.8 Å². The maximum absolute atomic E-state index is 3.60. The number of fused-ring (bicyclic) bond motifs is 4. The molecule has 1 N–H and O–H groups in total. The zero-order valence-electron chi connectivity index (χ0n) is 13.6. The van der Waals surface area contributed by atoms with E-state index >= 15 is 0 Å². The minimum Gasteiger partial charge on any atom is -0.355 e. The lowest BCUT2D eigenvalue weighted by atomic mass is 9.83. The second-order valence-corrected chi connectivity index (χ2v) is 7.30. The van der Waals surface area contributed by atoms with Crippen molar-refractivity contribution in [2.24, 2.45) is 0 Å². The van der Waals surface area contributed by atoms with Gasteiger partial charge in [-0.25, -0.2) is 0 Å². The number of aromatic amines is 1. The fraction of sp³-hybridized carbons (Fsp3) is 0.200. The number of nitrogens with one attached hydrogen (secondary N) is 1. The van der Waals surface area contributed by atoms with Crippen LogP contribution in [0.4, 0.5) is 0 Å². The van der Waals surface area contributed by atoms with Crippen LogP contribution in [0.5, 0.6) is 0 Å². The molecule has 0 aliphatic rings. The lowest BCUT2D eigenvalue weighted by Crippen LogP contribution is -2.11. The first kappa shape index (κ1) is 13.4. The number of H-pyrrole nitrogens is 1. The SMILES string of the molecule is Bc1cccc2c1[nH]c1cc3cccc(C(C)(C)C)c3cc12. The van der Waals surface area contributed by atoms with Gasteiger partial charge >= 0.3 is 0 Å². The largest absolute Gasteiger partial charge is 0.355 e. The molecule has 0 bridgehead atoms. The first-order valence-corrected chi connectivity index (χ1v) is 7.89. The third-order valence-electron chi connectivity index (χ3n) is 4.65. The van der Waals surface area contributed by atoms with E-state index in [1.165, 1.54) is 43.6 Å². The van der Waals surface area contributed by atoms with Crippen LogP contribution in [-0.2, 0) is 5.41 Å². The maximum Gasteiger partial charge on any atom is 0.142 e. The van der Waals surface area contributed by atoms with E-state index in [1.54, 1.807) is 0 Å². The molecular weight excluding hydrogens is 265 g/mol. The van der Waals surface area contributed by atoms with Gasteiger partial charge in [0.15, 0.2) is 0 Å². The predicted molar refractivity (Wildman–Crippen MR) is 100 cm³/mol. The third kappa shape index (κ3) is 1.87. The van der Waals surface area contributed by atoms with Crippen molar-refractivity contribution in [3.05, 3.63) is 54.1 Å². The summed E-state index contributed by atoms with van der Waals surface area (Å²) in [5, 5.41) is 5.32. The highest BCUT2D eigenvalue weighted by atomic mass is 14.7. The Hall–Kier alpha value is -2.22. The first-order chi connectivity index (χ1) is 10.4. The predicted octanol–water partition coefficient (Wildman–Crippen LogP) is 4.03. The lowest BCUT2D eigenvalue weighted by molar-refractivity contribution is 0.596. The molecule has 0 spiro atoms. The molecule has 0 fully saturated rings. The van der Waals surface area contributed by atoms with E-state index in [2.05, 4.69) is 82.1 Å². The van der Waals surface area contributed by atoms with Crippen molar-refractivity contribution in [1.29, 1.82) is 0 Å². The van der Waals surface area contributed by atoms with E-state index < -0.39 is 0 Å². The van der Waals surface area contributed by atoms with Crippen LogP contribution in [0.15, 0.2) is 48.5 Å². The summed E-state index contributed by atoms with van der Waals surface area (Å²) in [6.07, 6.45) is 0. The van der Waals surface area contributed by atoms with Crippen LogP contribution >= 0.6 is 0 Å². The zero-order chi connectivity index (χ0) is 15.5. The lowest BCUT2D eigenvalue weighted by Gasteiger charge is -2.21. The maximum atomic E-state index is 3.60. The van der Waals surface area contributed by atoms with Gasteiger partial charge in [0.1, 0.15) is 7.85 Å². The Balaban J connectivity index is 2.19. The monoisotopic (exact) mass is 285 g/mol. The van der Waals surface area contributed by atoms with Gasteiger partial charge in [0.25, 0.3) is 0 Å². The van der Waals surface area contributed by atoms with Gasteiger partial charge in [-0.1, -0.05) is 62.6 Å². The van der Waals surface area contributed by atoms with Gasteiger partial charge in [-0.3, -0.25) is 0 Å². The molecule has 108 valence electrons. The van der Waals surface area contributed by atoms with E-state index in [-0.39, 0.29) is 5.41 Å². The molecule has 3 aromatic carbocycles. The number of hydrogen-bond acceptors (Lipinski definition) is 0. The normalized spacial score (nSPS) is 12.5. The van der Waals surface area contributed by atoms with Gasteiger partial charge < -0.3 is 4.98 Å². The van der Waals surface area contributed by atoms with E-state index in [9.17, 15) is 0 Å². The molecule has 22 heavy (non-hydrogen) atoms. The summed E-state index contributed by atoms with van der Waals surface area (Å²) in [5.41, 5.74) is 5.34. The number of aromatic nitrogens is 1. The van der Waals surface area contributed by atoms with E-state index in [0.29, 0.717) is 0 Å². The standard InChI is InChI=1S/C20H20BN/c1-20(2,3)16-8-4-6-12-10-18-15(11-14(12)16)13-7-5-9-17(21)19(13)22-18/h4-11,22H,21H2,1-3H3. The van der Waals surface area contributed by atoms with Crippen LogP contribution in [0.3, 0.4) is 0 Å². The van der Waals surface area contributed by atoms with Crippen molar-refractivity contribution in [2.75, 3.05) is 0 Å². The fourth-order valence-corrected chi connectivity index (χ4v) is 3.50. The summed E-state index contributed by atoms with van der Waals surface area (Å²) in [6.45, 7) is 6.85. The fourth-order valence-electron chi connectivity index (χ4n) is 3.50. The van der Waals surface area contributed by atoms with Gasteiger partial charge in [-0.15, -0.1) is 0 Å². The smallest absolute Gasteiger partial charge is 0.142 e. The zero-order valence-corrected chi connectivity index (χ0v) is 13.6. The van der Waals surface area contributed by atoms with Crippen molar-refractivity contribution < 1.29 is 0 Å². The van der Waals surface area contributed by atoms with Crippen LogP contribution in [0.1, 0.15) is 26.3 Å². The summed E-state index contributed by atoms with van der Waals surface area (Å²) in [5.74, 6) is 0. The molecule has 0 aliphatic carbocycles. The Morgan fingerprint density at radius 3 is 2.41 bits per heavy atom. The number of benzene rings is 3. The van der Waals surface area contributed by atoms with Crippen LogP contribution in [-0.4, -0.2) is 12.8 Å². The van der Waals surface area contributed by atoms with Crippen LogP contribution in [0.25, 0.3) is 32.6 Å². The Kier molecular flexibility index (Phi) is 2.68. The highest BCUT2D eigenvalue weighted by Gasteiger charge is 2.17. The van der Waals surface area contributed by atoms with Crippen LogP contribution < -0.4 is 5.46 Å². The van der Waals surface area contributed by atoms with E-state index in [0.717, 1.165) is 0 Å². The third-order valence-corrected chi connectivity index (χ3v) is 4.65. The first-order valence-electron chi connectivity index (χ1n) is 7.89. The molecule has 1 aromatic heterocycles. The van der Waals surface area contributed by atoms with Crippen molar-refractivity contribution >= 4 is 45.9 Å². The van der Waals surface area contributed by atoms with Gasteiger partial charge in [-0.2, -0.15) is 0 Å². The summed E-state index contributed by atoms with van der Waals surface area (Å²) >= 11 is 0. The minimum atomic E-state index is 0.148. The number of rotatable bonds is 0. The number of para-hydroxylation sites is 1. The molecule has 0 atom stereocenters. The quantitative estimate of drug-likeness (QED) is 0.469. The van der Waals surface area contributed by atoms with E-state index in [1.807, 2.05) is 0 Å². The van der Waals surface area contributed by atoms with Crippen LogP contribution in [0, 0.1) is 0 Å². The van der Waals surface area contributed by atoms with Crippen molar-refractivity contribution in [3.8, 4) is 0 Å². The van der Waals surface area contributed by atoms with Gasteiger partial charge in [-0.05, 0) is 33.9 Å². The average molecular weight is 285 g/mol. The molecule has 4 aromatic rings. The minimum absolute atomic E-state index is 0.148. The average Bonchev–Trinajstić information content (AvgIpc) is 2.82. The molecule has 1 nitrogen and oxygen atoms in total. The summed E-state index contributed by atoms with van der Waals surface area (Å²) in [7, 11) is 2.16. The molecule has 0 amide bonds. The molecule has 0 unspecified atom stereocenters. The molecule has 0 saturated carbocycles.